The van der Waals surface area contributed by atoms with Crippen molar-refractivity contribution in [1.29, 1.82) is 0 Å². The Hall–Kier alpha value is 2.11. The third-order valence-electron chi connectivity index (χ3n) is 0. The summed E-state index contributed by atoms with van der Waals surface area (Å²) >= 11 is 8.53. The van der Waals surface area contributed by atoms with Crippen LogP contribution >= 0.6 is 23.7 Å². The van der Waals surface area contributed by atoms with Crippen LogP contribution in [0.5, 0.6) is 0 Å². The zero-order valence-corrected chi connectivity index (χ0v) is 21.5. The van der Waals surface area contributed by atoms with Gasteiger partial charge in [-0.3, -0.25) is 0 Å². The van der Waals surface area contributed by atoms with Crippen molar-refractivity contribution < 1.29 is 151 Å². The van der Waals surface area contributed by atoms with Crippen LogP contribution in [0.3, 0.4) is 0 Å². The molecule has 0 fully saturated rings. The van der Waals surface area contributed by atoms with Crippen molar-refractivity contribution in [2.24, 2.45) is 0 Å². The van der Waals surface area contributed by atoms with E-state index in [1.165, 1.54) is 0 Å². The molecule has 0 unspecified atom stereocenters. The number of rotatable bonds is 0. The largest absolute Gasteiger partial charge is 4.00 e. The molecule has 27 heteroatoms. The predicted molar refractivity (Wildman–Crippen MR) is 88.0 cm³/mol. The molecule has 0 aromatic carbocycles. The number of hydrogen-bond donors (Lipinski definition) is 0. The Kier molecular flexibility index (Phi) is 107000. The third kappa shape index (κ3) is 4290. The average molecular weight is 706 g/mol. The molecule has 0 saturated heterocycles. The normalized spacial score (nSPS) is 0.667. The Morgan fingerprint density at radius 2 is 0.296 bits per heavy atom. The molecule has 27 heavy (non-hydrogen) atoms. The van der Waals surface area contributed by atoms with Crippen LogP contribution in [0, 0.1) is 0 Å². The van der Waals surface area contributed by atoms with Crippen molar-refractivity contribution in [3.8, 4) is 0 Å². The molecule has 0 saturated carbocycles. The number of halogens is 2. The quantitative estimate of drug-likeness (QED) is 0.219. The maximum absolute atomic E-state index is 4.26. The van der Waals surface area contributed by atoms with Crippen LogP contribution in [0.1, 0.15) is 0 Å². The molecular weight excluding hydrogens is 667 g/mol. The molecule has 0 aliphatic rings. The Morgan fingerprint density at radius 1 is 0.296 bits per heavy atom. The zero-order valence-electron chi connectivity index (χ0n) is 13.1. The minimum atomic E-state index is 0. The summed E-state index contributed by atoms with van der Waals surface area (Å²) in [5.74, 6) is 0. The van der Waals surface area contributed by atoms with E-state index in [2.05, 4.69) is 27.6 Å². The summed E-state index contributed by atoms with van der Waals surface area (Å²) in [6.07, 6.45) is 0. The van der Waals surface area contributed by atoms with Crippen LogP contribution in [-0.4, -0.2) is 169 Å². The second-order valence-electron chi connectivity index (χ2n) is 0.0583. The average Bonchev–Trinajstić information content (AvgIpc) is 0.918. The summed E-state index contributed by atoms with van der Waals surface area (Å²) in [6, 6.07) is 0. The molecule has 0 rings (SSSR count). The molecular formula is H38BaCl2O23Zr. The standard InChI is InChI=1S/Ba.Cl2O.22H2O.Zr/c;1-3-2;;;;;;;;;;;;;;;;;;;;;;;/h;;22*1H2;/q+2;;;;;;;;;;;;;;;;;;;;;;;;+4/p-6. The third-order valence-corrected chi connectivity index (χ3v) is 0. The van der Waals surface area contributed by atoms with Crippen molar-refractivity contribution in [3.63, 3.8) is 0 Å². The van der Waals surface area contributed by atoms with Gasteiger partial charge in [-0.25, -0.2) is 0 Å². The number of hydrogen-bond acceptors (Lipinski definition) is 7. The molecule has 0 atom stereocenters. The van der Waals surface area contributed by atoms with E-state index in [0.717, 1.165) is 0 Å². The van der Waals surface area contributed by atoms with E-state index in [0.29, 0.717) is 0 Å². The van der Waals surface area contributed by atoms with Gasteiger partial charge in [0.15, 0.2) is 0 Å². The minimum absolute atomic E-state index is 0. The van der Waals surface area contributed by atoms with Crippen LogP contribution in [0.15, 0.2) is 0 Å². The topological polar surface area (TPSA) is 693 Å². The zero-order chi connectivity index (χ0) is 2.71. The minimum Gasteiger partial charge on any atom is -0.870 e. The van der Waals surface area contributed by atoms with Gasteiger partial charge in [-0.2, -0.15) is 3.84 Å². The second-order valence-corrected chi connectivity index (χ2v) is 0.525. The van der Waals surface area contributed by atoms with Crippen LogP contribution in [-0.2, 0) is 30.0 Å². The smallest absolute Gasteiger partial charge is 0.870 e. The van der Waals surface area contributed by atoms with Crippen molar-refractivity contribution in [3.05, 3.63) is 0 Å². The summed E-state index contributed by atoms with van der Waals surface area (Å²) < 4.78 is 3.19. The fourth-order valence-electron chi connectivity index (χ4n) is 0. The SMILES string of the molecule is ClOCl.O.O.O.O.O.O.O.O.O.O.O.O.O.O.O.O.[Ba+2].[OH-].[OH-].[OH-].[OH-].[OH-].[OH-].[Zr+4]. The first-order valence-electron chi connectivity index (χ1n) is 0.309. The fraction of sp³-hybridized carbons (Fsp3) is 0. The van der Waals surface area contributed by atoms with E-state index in [1.807, 2.05) is 0 Å². The van der Waals surface area contributed by atoms with Crippen molar-refractivity contribution >= 4 is 72.6 Å². The first-order valence-corrected chi connectivity index (χ1v) is 0.926. The van der Waals surface area contributed by atoms with Gasteiger partial charge >= 0.3 is 75.1 Å². The van der Waals surface area contributed by atoms with Gasteiger partial charge in [-0.1, -0.05) is 0 Å². The van der Waals surface area contributed by atoms with Gasteiger partial charge in [0.25, 0.3) is 0 Å². The van der Waals surface area contributed by atoms with E-state index < -0.39 is 0 Å². The van der Waals surface area contributed by atoms with Crippen LogP contribution in [0.25, 0.3) is 0 Å². The summed E-state index contributed by atoms with van der Waals surface area (Å²) in [7, 11) is 0. The maximum Gasteiger partial charge on any atom is 4.00 e. The van der Waals surface area contributed by atoms with E-state index in [-0.39, 0.29) is 196 Å². The van der Waals surface area contributed by atoms with Crippen molar-refractivity contribution in [2.75, 3.05) is 0 Å². The van der Waals surface area contributed by atoms with Gasteiger partial charge in [-0.05, 0) is 0 Å². The van der Waals surface area contributed by atoms with Gasteiger partial charge < -0.3 is 120 Å². The molecule has 0 aliphatic carbocycles. The Bertz CT molecular complexity index is 22.3. The molecule has 0 aromatic rings. The van der Waals surface area contributed by atoms with Crippen molar-refractivity contribution in [2.45, 2.75) is 0 Å². The van der Waals surface area contributed by atoms with Gasteiger partial charge in [0.1, 0.15) is 0 Å². The first kappa shape index (κ1) is 1360. The fourth-order valence-corrected chi connectivity index (χ4v) is 0. The summed E-state index contributed by atoms with van der Waals surface area (Å²) in [5, 5.41) is 0. The van der Waals surface area contributed by atoms with Crippen LogP contribution in [0.4, 0.5) is 0 Å². The van der Waals surface area contributed by atoms with E-state index in [1.54, 1.807) is 0 Å². The van der Waals surface area contributed by atoms with Gasteiger partial charge in [0.05, 0.1) is 23.7 Å². The van der Waals surface area contributed by atoms with Crippen LogP contribution < -0.4 is 0 Å². The van der Waals surface area contributed by atoms with Gasteiger partial charge in [0, 0.05) is 0 Å². The van der Waals surface area contributed by atoms with E-state index >= 15 is 0 Å². The molecule has 196 valence electrons. The van der Waals surface area contributed by atoms with E-state index in [4.69, 9.17) is 0 Å². The molecule has 0 aliphatic heterocycles. The molecule has 0 radical (unpaired) electrons. The molecule has 0 amide bonds. The summed E-state index contributed by atoms with van der Waals surface area (Å²) in [4.78, 5) is 0. The second kappa shape index (κ2) is 2130. The molecule has 23 nitrogen and oxygen atoms in total. The Balaban J connectivity index is -0.0000000000725. The predicted octanol–water partition coefficient (Wildman–Crippen LogP) is -13.3. The molecule has 38 N–H and O–H groups in total. The molecule has 0 heterocycles. The van der Waals surface area contributed by atoms with Gasteiger partial charge in [0.2, 0.25) is 0 Å². The summed E-state index contributed by atoms with van der Waals surface area (Å²) in [6.45, 7) is 0. The maximum atomic E-state index is 4.26. The molecule has 0 aromatic heterocycles. The molecule has 0 bridgehead atoms. The van der Waals surface area contributed by atoms with Crippen LogP contribution in [0.2, 0.25) is 0 Å². The van der Waals surface area contributed by atoms with Gasteiger partial charge in [-0.15, -0.1) is 0 Å². The van der Waals surface area contributed by atoms with E-state index in [9.17, 15) is 0 Å². The summed E-state index contributed by atoms with van der Waals surface area (Å²) in [5.41, 5.74) is 0. The van der Waals surface area contributed by atoms with Crippen molar-refractivity contribution in [1.82, 2.24) is 0 Å². The molecule has 0 spiro atoms. The first-order chi connectivity index (χ1) is 1.41. The Labute approximate surface area is 221 Å². The monoisotopic (exact) mass is 704 g/mol. The Morgan fingerprint density at radius 3 is 0.296 bits per heavy atom.